The number of unbranched alkanes of at least 4 members (excludes halogenated alkanes) is 20. The molecule has 0 radical (unpaired) electrons. The Kier molecular flexibility index (Phi) is 69.1. The van der Waals surface area contributed by atoms with Crippen LogP contribution in [0.3, 0.4) is 0 Å². The van der Waals surface area contributed by atoms with Crippen molar-refractivity contribution in [1.29, 1.82) is 0 Å². The second kappa shape index (κ2) is 76.3. The van der Waals surface area contributed by atoms with Crippen molar-refractivity contribution in [3.8, 4) is 68.0 Å². The number of pyridine rings is 7. The Bertz CT molecular complexity index is 4260. The summed E-state index contributed by atoms with van der Waals surface area (Å²) >= 11 is 0. The Labute approximate surface area is 805 Å². The molecule has 21 nitrogen and oxygen atoms in total. The molecule has 0 bridgehead atoms. The molecule has 25 heteroatoms. The summed E-state index contributed by atoms with van der Waals surface area (Å²) in [5.41, 5.74) is 9.04. The number of hydrogen-bond donors (Lipinski definition) is 3. The molecule has 3 N–H and O–H groups in total. The first-order valence-electron chi connectivity index (χ1n) is 42.7. The summed E-state index contributed by atoms with van der Waals surface area (Å²) < 4.78 is 23.7. The van der Waals surface area contributed by atoms with E-state index >= 15 is 0 Å². The van der Waals surface area contributed by atoms with Gasteiger partial charge in [-0.3, -0.25) is 29.9 Å². The van der Waals surface area contributed by atoms with Crippen molar-refractivity contribution < 1.29 is 133 Å². The third kappa shape index (κ3) is 53.5. The van der Waals surface area contributed by atoms with Crippen molar-refractivity contribution in [2.75, 3.05) is 26.4 Å². The Balaban J connectivity index is 0.000000734. The van der Waals surface area contributed by atoms with E-state index in [9.17, 15) is 14.4 Å². The van der Waals surface area contributed by atoms with E-state index in [0.29, 0.717) is 17.9 Å². The maximum Gasteiger partial charge on any atom is 2.00 e. The molecule has 684 valence electrons. The molecule has 0 unspecified atom stereocenters. The standard InChI is InChI=1S/4C19H24NO.C7H6N5.C7H7NO2.C6H5NO2.C5H8O2.4Pt/c4*1-2-3-4-5-6-11-16-21-19-14-8-7-12-17(19)18-13-9-10-15-20-18;1-2-4-8-6(3-1)5-7-9-11-12-10-7;9-7(10)5-6-3-1-2-4-8-6;8-6(9)5-3-1-2-4-7-5;1-4(6)3-5(2)7;;;;/h4*7-10,13-15H,2-6,11,16H2,1H3;1-4H,5H2;1-4H,5H2,(H,9,10);1-4H,(H,8,9);3,6H,1-2H3;;;;/q5*-1;;;;;;;+2. The van der Waals surface area contributed by atoms with Crippen LogP contribution in [-0.2, 0) is 107 Å². The summed E-state index contributed by atoms with van der Waals surface area (Å²) in [5, 5.41) is 39.2. The molecule has 12 aromatic rings. The van der Waals surface area contributed by atoms with E-state index in [1.807, 2.05) is 164 Å². The zero-order valence-corrected chi connectivity index (χ0v) is 82.4. The first kappa shape index (κ1) is 114. The van der Waals surface area contributed by atoms with Crippen LogP contribution in [0.25, 0.3) is 45.0 Å². The monoisotopic (exact) mass is 2430 g/mol. The number of benzene rings is 4. The number of aliphatic carboxylic acids is 1. The van der Waals surface area contributed by atoms with Crippen molar-refractivity contribution in [2.24, 2.45) is 0 Å². The van der Waals surface area contributed by atoms with Gasteiger partial charge in [0.1, 0.15) is 5.69 Å². The molecule has 0 aliphatic carbocycles. The smallest absolute Gasteiger partial charge is 0.537 e. The molecule has 0 aliphatic heterocycles. The molecule has 0 spiro atoms. The van der Waals surface area contributed by atoms with Crippen LogP contribution in [0.4, 0.5) is 0 Å². The van der Waals surface area contributed by atoms with Crippen LogP contribution in [0.15, 0.2) is 255 Å². The second-order valence-corrected chi connectivity index (χ2v) is 28.1. The topological polar surface area (TPSA) is 292 Å². The first-order chi connectivity index (χ1) is 59.8. The maximum atomic E-state index is 10.1. The minimum Gasteiger partial charge on any atom is -0.537 e. The van der Waals surface area contributed by atoms with E-state index in [1.165, 1.54) is 161 Å². The van der Waals surface area contributed by atoms with Gasteiger partial charge in [-0.1, -0.05) is 245 Å². The number of carbonyl (C=O) groups excluding carboxylic acids is 1. The third-order valence-corrected chi connectivity index (χ3v) is 17.8. The zero-order chi connectivity index (χ0) is 87.2. The van der Waals surface area contributed by atoms with Gasteiger partial charge in [0.15, 0.2) is 5.78 Å². The average Bonchev–Trinajstić information content (AvgIpc) is 1.16. The summed E-state index contributed by atoms with van der Waals surface area (Å²) in [4.78, 5) is 59.3. The van der Waals surface area contributed by atoms with Gasteiger partial charge >= 0.3 is 33.0 Å². The number of ketones is 1. The van der Waals surface area contributed by atoms with Gasteiger partial charge in [-0.2, -0.15) is 5.21 Å². The number of aromatic carboxylic acids is 1. The number of tetrazole rings is 1. The van der Waals surface area contributed by atoms with Crippen LogP contribution >= 0.6 is 0 Å². The molecule has 8 heterocycles. The molecule has 0 aliphatic rings. The number of carbonyl (C=O) groups is 3. The molecule has 126 heavy (non-hydrogen) atoms. The summed E-state index contributed by atoms with van der Waals surface area (Å²) in [5.74, 6) is 2.22. The van der Waals surface area contributed by atoms with E-state index in [0.717, 1.165) is 126 Å². The van der Waals surface area contributed by atoms with Crippen molar-refractivity contribution in [1.82, 2.24) is 55.5 Å². The minimum atomic E-state index is -0.990. The molecule has 4 aromatic carbocycles. The Hall–Kier alpha value is -9.90. The van der Waals surface area contributed by atoms with Crippen LogP contribution in [0, 0.1) is 24.3 Å². The van der Waals surface area contributed by atoms with Crippen molar-refractivity contribution in [3.63, 3.8) is 0 Å². The average molecular weight is 2430 g/mol. The number of carboxylic acids is 2. The Morgan fingerprint density at radius 3 is 0.881 bits per heavy atom. The quantitative estimate of drug-likeness (QED) is 0.0139. The first-order valence-corrected chi connectivity index (χ1v) is 42.7. The molecular weight excluding hydrogens is 2310 g/mol. The van der Waals surface area contributed by atoms with E-state index in [-0.39, 0.29) is 108 Å². The molecule has 0 amide bonds. The molecule has 0 saturated heterocycles. The number of aromatic nitrogens is 11. The third-order valence-electron chi connectivity index (χ3n) is 17.8. The number of carboxylic acid groups (broad SMARTS) is 2. The normalized spacial score (nSPS) is 9.97. The van der Waals surface area contributed by atoms with Gasteiger partial charge in [0.2, 0.25) is 0 Å². The molecule has 0 saturated carbocycles. The van der Waals surface area contributed by atoms with Crippen molar-refractivity contribution >= 4 is 17.7 Å². The number of nitrogens with zero attached hydrogens (tertiary/aromatic N) is 11. The maximum absolute atomic E-state index is 10.1. The van der Waals surface area contributed by atoms with Gasteiger partial charge in [0, 0.05) is 154 Å². The van der Waals surface area contributed by atoms with Crippen LogP contribution in [0.1, 0.15) is 223 Å². The number of allylic oxidation sites excluding steroid dienone is 2. The number of aliphatic hydroxyl groups excluding tert-OH is 1. The van der Waals surface area contributed by atoms with Crippen molar-refractivity contribution in [2.45, 2.75) is 208 Å². The number of aliphatic hydroxyl groups is 1. The van der Waals surface area contributed by atoms with Crippen LogP contribution < -0.4 is 24.0 Å². The summed E-state index contributed by atoms with van der Waals surface area (Å²) in [7, 11) is 0. The van der Waals surface area contributed by atoms with Gasteiger partial charge in [-0.25, -0.2) is 9.78 Å². The zero-order valence-electron chi connectivity index (χ0n) is 73.3. The SMILES string of the molecule is CC(=O)C=C(C)O.CCCCCCCCOc1ccc[c-]c1-c1ccccn1.CCCCCCCCOc1ccc[c-]c1-c1ccccn1.CCCCCCCCOc1ccc[c-]c1-c1ccccn1.CCCCCCCCOc1ccc[c-]c1-c1ccccn1.O=C(O)Cc1ccccn1.O=C(O)c1ccccn1.[Pt+2].[Pt].[Pt].[Pt].c1ccc(Cc2nnn[n-]2)nc1. The van der Waals surface area contributed by atoms with E-state index in [4.69, 9.17) is 34.3 Å². The minimum absolute atomic E-state index is 0. The molecule has 12 rings (SSSR count). The number of hydrogen-bond acceptors (Lipinski definition) is 18. The molecule has 0 fully saturated rings. The van der Waals surface area contributed by atoms with Crippen LogP contribution in [0.5, 0.6) is 23.0 Å². The van der Waals surface area contributed by atoms with E-state index < -0.39 is 11.9 Å². The molecular formula is C101H122N11O10Pt4-3. The second-order valence-electron chi connectivity index (χ2n) is 28.1. The fourth-order valence-electron chi connectivity index (χ4n) is 11.6. The van der Waals surface area contributed by atoms with Gasteiger partial charge in [0.25, 0.3) is 0 Å². The summed E-state index contributed by atoms with van der Waals surface area (Å²) in [6.07, 6.45) is 44.3. The summed E-state index contributed by atoms with van der Waals surface area (Å²) in [6, 6.07) is 75.6. The predicted octanol–water partition coefficient (Wildman–Crippen LogP) is 23.5. The summed E-state index contributed by atoms with van der Waals surface area (Å²) in [6.45, 7) is 14.9. The number of ether oxygens (including phenoxy) is 4. The fourth-order valence-corrected chi connectivity index (χ4v) is 11.6. The van der Waals surface area contributed by atoms with E-state index in [2.05, 4.69) is 107 Å². The van der Waals surface area contributed by atoms with Gasteiger partial charge in [-0.05, 0) is 123 Å². The van der Waals surface area contributed by atoms with Crippen LogP contribution in [0.2, 0.25) is 0 Å². The molecule has 0 atom stereocenters. The van der Waals surface area contributed by atoms with Gasteiger partial charge < -0.3 is 59.3 Å². The predicted molar refractivity (Wildman–Crippen MR) is 484 cm³/mol. The van der Waals surface area contributed by atoms with E-state index in [1.54, 1.807) is 67.5 Å². The van der Waals surface area contributed by atoms with Crippen molar-refractivity contribution in [3.05, 3.63) is 303 Å². The van der Waals surface area contributed by atoms with Crippen LogP contribution in [-0.4, -0.2) is 110 Å². The fraction of sp³-hybridized carbons (Fsp3) is 0.356. The van der Waals surface area contributed by atoms with Gasteiger partial charge in [-0.15, -0.1) is 97.1 Å². The largest absolute Gasteiger partial charge is 2.00 e. The van der Waals surface area contributed by atoms with Gasteiger partial charge in [0.05, 0.1) is 44.3 Å². The Morgan fingerprint density at radius 2 is 0.651 bits per heavy atom. The molecule has 8 aromatic heterocycles. The Morgan fingerprint density at radius 1 is 0.357 bits per heavy atom. The number of rotatable bonds is 42.